The number of hydrogen-bond acceptors (Lipinski definition) is 2. The molecule has 0 spiro atoms. The van der Waals surface area contributed by atoms with E-state index in [2.05, 4.69) is 5.32 Å². The molecule has 100 valence electrons. The van der Waals surface area contributed by atoms with Crippen molar-refractivity contribution < 1.29 is 9.50 Å². The number of anilines is 1. The first kappa shape index (κ1) is 14.0. The van der Waals surface area contributed by atoms with Gasteiger partial charge in [0.25, 0.3) is 0 Å². The highest BCUT2D eigenvalue weighted by molar-refractivity contribution is 6.37. The van der Waals surface area contributed by atoms with Gasteiger partial charge in [-0.15, -0.1) is 0 Å². The summed E-state index contributed by atoms with van der Waals surface area (Å²) < 4.78 is 13.6. The zero-order valence-electron chi connectivity index (χ0n) is 10.1. The molecule has 0 radical (unpaired) electrons. The van der Waals surface area contributed by atoms with Crippen LogP contribution in [0.4, 0.5) is 10.1 Å². The van der Waals surface area contributed by atoms with Gasteiger partial charge in [0.05, 0.1) is 16.1 Å². The van der Waals surface area contributed by atoms with Crippen molar-refractivity contribution in [2.24, 2.45) is 0 Å². The molecule has 0 fully saturated rings. The summed E-state index contributed by atoms with van der Waals surface area (Å²) in [7, 11) is 0. The van der Waals surface area contributed by atoms with E-state index in [1.807, 2.05) is 6.92 Å². The van der Waals surface area contributed by atoms with Crippen molar-refractivity contribution in [2.45, 2.75) is 13.0 Å². The monoisotopic (exact) mass is 299 g/mol. The maximum Gasteiger partial charge on any atom is 0.152 e. The smallest absolute Gasteiger partial charge is 0.152 e. The molecule has 0 aromatic heterocycles. The maximum absolute atomic E-state index is 13.6. The van der Waals surface area contributed by atoms with Gasteiger partial charge in [0.15, 0.2) is 5.75 Å². The lowest BCUT2D eigenvalue weighted by Crippen LogP contribution is -2.08. The van der Waals surface area contributed by atoms with E-state index in [0.717, 1.165) is 0 Å². The van der Waals surface area contributed by atoms with Crippen molar-refractivity contribution in [1.29, 1.82) is 0 Å². The van der Waals surface area contributed by atoms with Crippen molar-refractivity contribution >= 4 is 28.9 Å². The van der Waals surface area contributed by atoms with Gasteiger partial charge in [-0.05, 0) is 25.1 Å². The lowest BCUT2D eigenvalue weighted by molar-refractivity contribution is 0.476. The highest BCUT2D eigenvalue weighted by atomic mass is 35.5. The van der Waals surface area contributed by atoms with Gasteiger partial charge < -0.3 is 10.4 Å². The van der Waals surface area contributed by atoms with Crippen LogP contribution in [0.3, 0.4) is 0 Å². The van der Waals surface area contributed by atoms with Gasteiger partial charge in [0.2, 0.25) is 0 Å². The first-order valence-corrected chi connectivity index (χ1v) is 6.43. The van der Waals surface area contributed by atoms with Crippen LogP contribution >= 0.6 is 23.2 Å². The third-order valence-corrected chi connectivity index (χ3v) is 3.35. The molecule has 1 unspecified atom stereocenters. The Labute approximate surface area is 120 Å². The van der Waals surface area contributed by atoms with Gasteiger partial charge in [-0.3, -0.25) is 0 Å². The van der Waals surface area contributed by atoms with Crippen LogP contribution in [0, 0.1) is 5.82 Å². The molecule has 19 heavy (non-hydrogen) atoms. The van der Waals surface area contributed by atoms with Gasteiger partial charge in [-0.25, -0.2) is 4.39 Å². The Morgan fingerprint density at radius 2 is 1.74 bits per heavy atom. The molecule has 2 rings (SSSR count). The van der Waals surface area contributed by atoms with E-state index >= 15 is 0 Å². The summed E-state index contributed by atoms with van der Waals surface area (Å²) in [6.07, 6.45) is 0. The number of nitrogens with one attached hydrogen (secondary N) is 1. The average Bonchev–Trinajstić information content (AvgIpc) is 2.36. The molecule has 0 bridgehead atoms. The van der Waals surface area contributed by atoms with Gasteiger partial charge in [-0.1, -0.05) is 41.4 Å². The van der Waals surface area contributed by atoms with E-state index < -0.39 is 0 Å². The summed E-state index contributed by atoms with van der Waals surface area (Å²) in [5.74, 6) is -0.439. The van der Waals surface area contributed by atoms with E-state index in [9.17, 15) is 9.50 Å². The molecule has 0 heterocycles. The number of aromatic hydroxyl groups is 1. The molecule has 2 aromatic rings. The topological polar surface area (TPSA) is 32.3 Å². The standard InChI is InChI=1S/C14H12Cl2FNO/c1-8(10-4-2-3-5-13(10)17)18-9-6-11(15)14(19)12(16)7-9/h2-8,18-19H,1H3. The van der Waals surface area contributed by atoms with Crippen molar-refractivity contribution in [3.05, 3.63) is 57.8 Å². The van der Waals surface area contributed by atoms with Gasteiger partial charge >= 0.3 is 0 Å². The highest BCUT2D eigenvalue weighted by Gasteiger charge is 2.12. The normalized spacial score (nSPS) is 12.2. The number of hydrogen-bond donors (Lipinski definition) is 2. The van der Waals surface area contributed by atoms with E-state index in [1.54, 1.807) is 30.3 Å². The van der Waals surface area contributed by atoms with Crippen molar-refractivity contribution in [2.75, 3.05) is 5.32 Å². The van der Waals surface area contributed by atoms with Crippen molar-refractivity contribution in [3.63, 3.8) is 0 Å². The van der Waals surface area contributed by atoms with Crippen LogP contribution in [0.15, 0.2) is 36.4 Å². The largest absolute Gasteiger partial charge is 0.505 e. The van der Waals surface area contributed by atoms with Crippen LogP contribution in [0.2, 0.25) is 10.0 Å². The summed E-state index contributed by atoms with van der Waals surface area (Å²) in [4.78, 5) is 0. The Morgan fingerprint density at radius 3 is 2.32 bits per heavy atom. The summed E-state index contributed by atoms with van der Waals surface area (Å²) in [5, 5.41) is 12.9. The third kappa shape index (κ3) is 3.11. The van der Waals surface area contributed by atoms with E-state index in [1.165, 1.54) is 6.07 Å². The number of phenols is 1. The van der Waals surface area contributed by atoms with Crippen LogP contribution in [-0.4, -0.2) is 5.11 Å². The van der Waals surface area contributed by atoms with Gasteiger partial charge in [0.1, 0.15) is 5.82 Å². The Hall–Kier alpha value is -1.45. The summed E-state index contributed by atoms with van der Waals surface area (Å²) in [5.41, 5.74) is 1.16. The fraction of sp³-hybridized carbons (Fsp3) is 0.143. The summed E-state index contributed by atoms with van der Waals surface area (Å²) >= 11 is 11.7. The molecule has 0 aliphatic carbocycles. The Balaban J connectivity index is 2.24. The number of halogens is 3. The molecular formula is C14H12Cl2FNO. The van der Waals surface area contributed by atoms with Crippen LogP contribution in [0.25, 0.3) is 0 Å². The fourth-order valence-corrected chi connectivity index (χ4v) is 2.29. The number of phenolic OH excluding ortho intramolecular Hbond substituents is 1. The second kappa shape index (κ2) is 5.68. The quantitative estimate of drug-likeness (QED) is 0.781. The van der Waals surface area contributed by atoms with Crippen LogP contribution in [0.5, 0.6) is 5.75 Å². The second-order valence-electron chi connectivity index (χ2n) is 4.18. The van der Waals surface area contributed by atoms with Crippen molar-refractivity contribution in [1.82, 2.24) is 0 Å². The molecule has 0 saturated heterocycles. The molecular weight excluding hydrogens is 288 g/mol. The molecule has 0 amide bonds. The zero-order chi connectivity index (χ0) is 14.0. The van der Waals surface area contributed by atoms with Crippen LogP contribution < -0.4 is 5.32 Å². The molecule has 0 aliphatic heterocycles. The summed E-state index contributed by atoms with van der Waals surface area (Å²) in [6, 6.07) is 9.35. The Kier molecular flexibility index (Phi) is 4.17. The highest BCUT2D eigenvalue weighted by Crippen LogP contribution is 2.35. The minimum atomic E-state index is -0.279. The van der Waals surface area contributed by atoms with E-state index in [4.69, 9.17) is 23.2 Å². The zero-order valence-corrected chi connectivity index (χ0v) is 11.6. The Bertz CT molecular complexity index is 581. The number of benzene rings is 2. The lowest BCUT2D eigenvalue weighted by atomic mass is 10.1. The molecule has 0 saturated carbocycles. The lowest BCUT2D eigenvalue weighted by Gasteiger charge is -2.17. The third-order valence-electron chi connectivity index (χ3n) is 2.77. The predicted octanol–water partition coefficient (Wildman–Crippen LogP) is 5.01. The molecule has 2 nitrogen and oxygen atoms in total. The molecule has 0 aliphatic rings. The van der Waals surface area contributed by atoms with E-state index in [0.29, 0.717) is 11.3 Å². The Morgan fingerprint density at radius 1 is 1.16 bits per heavy atom. The predicted molar refractivity (Wildman–Crippen MR) is 76.6 cm³/mol. The summed E-state index contributed by atoms with van der Waals surface area (Å²) in [6.45, 7) is 1.83. The molecule has 2 N–H and O–H groups in total. The SMILES string of the molecule is CC(Nc1cc(Cl)c(O)c(Cl)c1)c1ccccc1F. The van der Waals surface area contributed by atoms with Gasteiger partial charge in [0, 0.05) is 11.3 Å². The first-order chi connectivity index (χ1) is 8.99. The number of rotatable bonds is 3. The minimum Gasteiger partial charge on any atom is -0.505 e. The molecule has 1 atom stereocenters. The average molecular weight is 300 g/mol. The molecule has 2 aromatic carbocycles. The van der Waals surface area contributed by atoms with Gasteiger partial charge in [-0.2, -0.15) is 0 Å². The van der Waals surface area contributed by atoms with E-state index in [-0.39, 0.29) is 27.7 Å². The second-order valence-corrected chi connectivity index (χ2v) is 4.99. The first-order valence-electron chi connectivity index (χ1n) is 5.68. The maximum atomic E-state index is 13.6. The minimum absolute atomic E-state index is 0.149. The molecule has 5 heteroatoms. The van der Waals surface area contributed by atoms with Crippen molar-refractivity contribution in [3.8, 4) is 5.75 Å². The fourth-order valence-electron chi connectivity index (χ4n) is 1.80. The van der Waals surface area contributed by atoms with Crippen LogP contribution in [0.1, 0.15) is 18.5 Å². The van der Waals surface area contributed by atoms with Crippen LogP contribution in [-0.2, 0) is 0 Å².